The minimum Gasteiger partial charge on any atom is -0.379 e. The molecule has 0 atom stereocenters. The van der Waals surface area contributed by atoms with E-state index in [-0.39, 0.29) is 5.57 Å². The molecule has 2 N–H and O–H groups in total. The minimum atomic E-state index is -0.403. The molecule has 1 aromatic carbocycles. The average molecular weight is 357 g/mol. The highest BCUT2D eigenvalue weighted by Gasteiger charge is 2.12. The Bertz CT molecular complexity index is 684. The van der Waals surface area contributed by atoms with Crippen LogP contribution in [-0.4, -0.2) is 50.2 Å². The van der Waals surface area contributed by atoms with Crippen LogP contribution in [0, 0.1) is 22.0 Å². The number of hydrogen-bond donors (Lipinski definition) is 2. The summed E-state index contributed by atoms with van der Waals surface area (Å²) in [5.41, 5.74) is 0.744. The number of nitrogens with one attached hydrogen (secondary N) is 2. The zero-order valence-electron chi connectivity index (χ0n) is 13.7. The third-order valence-electron chi connectivity index (χ3n) is 3.58. The summed E-state index contributed by atoms with van der Waals surface area (Å²) in [7, 11) is 0. The molecular formula is C17H19N5O2S. The molecule has 0 saturated carbocycles. The first-order valence-electron chi connectivity index (χ1n) is 7.84. The van der Waals surface area contributed by atoms with E-state index in [0.29, 0.717) is 19.8 Å². The highest BCUT2D eigenvalue weighted by molar-refractivity contribution is 8.03. The van der Waals surface area contributed by atoms with Crippen LogP contribution < -0.4 is 10.6 Å². The van der Waals surface area contributed by atoms with Crippen molar-refractivity contribution in [1.29, 1.82) is 10.5 Å². The van der Waals surface area contributed by atoms with E-state index in [4.69, 9.17) is 15.3 Å². The van der Waals surface area contributed by atoms with Crippen LogP contribution in [-0.2, 0) is 9.53 Å². The van der Waals surface area contributed by atoms with Gasteiger partial charge in [-0.1, -0.05) is 0 Å². The number of nitrogens with zero attached hydrogens (tertiary/aromatic N) is 3. The number of morpholine rings is 1. The van der Waals surface area contributed by atoms with Crippen molar-refractivity contribution in [1.82, 2.24) is 10.2 Å². The average Bonchev–Trinajstić information content (AvgIpc) is 2.65. The lowest BCUT2D eigenvalue weighted by atomic mass is 10.2. The lowest BCUT2D eigenvalue weighted by Gasteiger charge is -2.26. The van der Waals surface area contributed by atoms with Gasteiger partial charge in [-0.3, -0.25) is 9.69 Å². The Morgan fingerprint density at radius 1 is 1.28 bits per heavy atom. The maximum atomic E-state index is 12.1. The maximum Gasteiger partial charge on any atom is 0.263 e. The number of rotatable bonds is 7. The van der Waals surface area contributed by atoms with E-state index in [1.165, 1.54) is 6.20 Å². The van der Waals surface area contributed by atoms with E-state index in [2.05, 4.69) is 15.5 Å². The van der Waals surface area contributed by atoms with Crippen LogP contribution in [0.15, 0.2) is 40.9 Å². The Balaban J connectivity index is 1.80. The first-order valence-corrected chi connectivity index (χ1v) is 8.65. The van der Waals surface area contributed by atoms with E-state index in [0.717, 1.165) is 42.0 Å². The molecule has 1 heterocycles. The normalized spacial score (nSPS) is 15.0. The van der Waals surface area contributed by atoms with Crippen molar-refractivity contribution in [3.05, 3.63) is 36.0 Å². The number of anilines is 1. The Hall–Kier alpha value is -2.52. The van der Waals surface area contributed by atoms with Gasteiger partial charge in [-0.25, -0.2) is 0 Å². The molecule has 1 aliphatic heterocycles. The first-order chi connectivity index (χ1) is 12.2. The van der Waals surface area contributed by atoms with Crippen LogP contribution in [0.5, 0.6) is 0 Å². The SMILES string of the molecule is N#CSc1ccc(N/C=C(/C#N)C(=O)NCCN2CCOCC2)cc1. The van der Waals surface area contributed by atoms with Gasteiger partial charge in [0.25, 0.3) is 5.91 Å². The molecule has 8 heteroatoms. The zero-order valence-corrected chi connectivity index (χ0v) is 14.5. The molecule has 130 valence electrons. The second kappa shape index (κ2) is 10.4. The molecule has 0 spiro atoms. The monoisotopic (exact) mass is 357 g/mol. The standard InChI is InChI=1S/C17H19N5O2S/c18-11-14(12-21-15-1-3-16(4-2-15)25-13-19)17(23)20-5-6-22-7-9-24-10-8-22/h1-4,12,21H,5-10H2,(H,20,23)/b14-12-. The van der Waals surface area contributed by atoms with Crippen LogP contribution >= 0.6 is 11.8 Å². The van der Waals surface area contributed by atoms with E-state index in [1.54, 1.807) is 24.3 Å². The largest absolute Gasteiger partial charge is 0.379 e. The van der Waals surface area contributed by atoms with Crippen LogP contribution in [0.3, 0.4) is 0 Å². The maximum absolute atomic E-state index is 12.1. The van der Waals surface area contributed by atoms with Gasteiger partial charge in [0.05, 0.1) is 13.2 Å². The molecule has 0 aromatic heterocycles. The summed E-state index contributed by atoms with van der Waals surface area (Å²) >= 11 is 1.07. The molecule has 0 unspecified atom stereocenters. The van der Waals surface area contributed by atoms with E-state index < -0.39 is 5.91 Å². The van der Waals surface area contributed by atoms with Crippen molar-refractivity contribution in [3.8, 4) is 11.5 Å². The van der Waals surface area contributed by atoms with E-state index >= 15 is 0 Å². The molecule has 25 heavy (non-hydrogen) atoms. The van der Waals surface area contributed by atoms with Crippen molar-refractivity contribution in [2.24, 2.45) is 0 Å². The fourth-order valence-corrected chi connectivity index (χ4v) is 2.60. The van der Waals surface area contributed by atoms with Crippen LogP contribution in [0.2, 0.25) is 0 Å². The fraction of sp³-hybridized carbons (Fsp3) is 0.353. The molecular weight excluding hydrogens is 338 g/mol. The summed E-state index contributed by atoms with van der Waals surface area (Å²) < 4.78 is 5.27. The predicted octanol–water partition coefficient (Wildman–Crippen LogP) is 1.53. The third-order valence-corrected chi connectivity index (χ3v) is 4.18. The number of ether oxygens (including phenoxy) is 1. The van der Waals surface area contributed by atoms with Gasteiger partial charge in [-0.05, 0) is 36.0 Å². The van der Waals surface area contributed by atoms with Crippen LogP contribution in [0.4, 0.5) is 5.69 Å². The van der Waals surface area contributed by atoms with Crippen molar-refractivity contribution < 1.29 is 9.53 Å². The van der Waals surface area contributed by atoms with Gasteiger partial charge in [-0.15, -0.1) is 0 Å². The molecule has 1 aliphatic rings. The van der Waals surface area contributed by atoms with Gasteiger partial charge < -0.3 is 15.4 Å². The van der Waals surface area contributed by atoms with Gasteiger partial charge >= 0.3 is 0 Å². The molecule has 1 saturated heterocycles. The summed E-state index contributed by atoms with van der Waals surface area (Å²) in [6.45, 7) is 4.37. The topological polar surface area (TPSA) is 101 Å². The number of benzene rings is 1. The quantitative estimate of drug-likeness (QED) is 0.330. The van der Waals surface area contributed by atoms with Gasteiger partial charge in [0.1, 0.15) is 17.0 Å². The highest BCUT2D eigenvalue weighted by Crippen LogP contribution is 2.19. The molecule has 1 aromatic rings. The third kappa shape index (κ3) is 6.48. The number of nitriles is 2. The Kier molecular flexibility index (Phi) is 7.80. The van der Waals surface area contributed by atoms with Gasteiger partial charge in [0, 0.05) is 43.0 Å². The number of thiocyanates is 1. The Morgan fingerprint density at radius 3 is 2.64 bits per heavy atom. The second-order valence-electron chi connectivity index (χ2n) is 5.24. The summed E-state index contributed by atoms with van der Waals surface area (Å²) in [5, 5.41) is 25.4. The second-order valence-corrected chi connectivity index (χ2v) is 6.10. The lowest BCUT2D eigenvalue weighted by Crippen LogP contribution is -2.41. The summed E-state index contributed by atoms with van der Waals surface area (Å²) in [5.74, 6) is -0.403. The Labute approximate surface area is 151 Å². The van der Waals surface area contributed by atoms with Crippen LogP contribution in [0.25, 0.3) is 0 Å². The number of amides is 1. The lowest BCUT2D eigenvalue weighted by molar-refractivity contribution is -0.117. The molecule has 1 amide bonds. The molecule has 0 aliphatic carbocycles. The highest BCUT2D eigenvalue weighted by atomic mass is 32.2. The molecule has 0 bridgehead atoms. The minimum absolute atomic E-state index is 0.0115. The molecule has 7 nitrogen and oxygen atoms in total. The van der Waals surface area contributed by atoms with Gasteiger partial charge in [0.15, 0.2) is 0 Å². The number of hydrogen-bond acceptors (Lipinski definition) is 7. The number of thioether (sulfide) groups is 1. The number of carbonyl (C=O) groups is 1. The smallest absolute Gasteiger partial charge is 0.263 e. The van der Waals surface area contributed by atoms with E-state index in [9.17, 15) is 4.79 Å². The predicted molar refractivity (Wildman–Crippen MR) is 95.5 cm³/mol. The van der Waals surface area contributed by atoms with Crippen molar-refractivity contribution in [3.63, 3.8) is 0 Å². The van der Waals surface area contributed by atoms with Crippen molar-refractivity contribution >= 4 is 23.4 Å². The summed E-state index contributed by atoms with van der Waals surface area (Å²) in [6.07, 6.45) is 1.39. The first kappa shape index (κ1) is 18.8. The molecule has 2 rings (SSSR count). The Morgan fingerprint density at radius 2 is 2.00 bits per heavy atom. The number of carbonyl (C=O) groups excluding carboxylic acids is 1. The molecule has 0 radical (unpaired) electrons. The van der Waals surface area contributed by atoms with Gasteiger partial charge in [0.2, 0.25) is 0 Å². The van der Waals surface area contributed by atoms with Crippen LogP contribution in [0.1, 0.15) is 0 Å². The van der Waals surface area contributed by atoms with E-state index in [1.807, 2.05) is 11.5 Å². The van der Waals surface area contributed by atoms with Gasteiger partial charge in [-0.2, -0.15) is 10.5 Å². The fourth-order valence-electron chi connectivity index (χ4n) is 2.22. The summed E-state index contributed by atoms with van der Waals surface area (Å²) in [6, 6.07) is 9.04. The summed E-state index contributed by atoms with van der Waals surface area (Å²) in [4.78, 5) is 15.1. The van der Waals surface area contributed by atoms with Crippen molar-refractivity contribution in [2.45, 2.75) is 4.90 Å². The molecule has 1 fully saturated rings. The zero-order chi connectivity index (χ0) is 17.9. The van der Waals surface area contributed by atoms with Crippen molar-refractivity contribution in [2.75, 3.05) is 44.7 Å².